The Morgan fingerprint density at radius 3 is 2.05 bits per heavy atom. The van der Waals surface area contributed by atoms with Gasteiger partial charge in [0.15, 0.2) is 0 Å². The van der Waals surface area contributed by atoms with Crippen molar-refractivity contribution in [1.82, 2.24) is 0 Å². The molecule has 1 nitrogen and oxygen atoms in total. The van der Waals surface area contributed by atoms with Crippen LogP contribution in [0.4, 0.5) is 0 Å². The smallest absolute Gasteiger partial charge is 0.0992 e. The first-order valence-corrected chi connectivity index (χ1v) is 7.83. The number of benzene rings is 2. The first-order valence-electron chi connectivity index (χ1n) is 7.83. The molecule has 0 aromatic heterocycles. The van der Waals surface area contributed by atoms with Crippen LogP contribution in [0.1, 0.15) is 36.3 Å². The molecule has 1 heterocycles. The number of allylic oxidation sites excluding steroid dienone is 2. The van der Waals surface area contributed by atoms with Gasteiger partial charge in [0.25, 0.3) is 0 Å². The normalized spacial score (nSPS) is 23.8. The van der Waals surface area contributed by atoms with Crippen molar-refractivity contribution in [2.75, 3.05) is 6.61 Å². The maximum Gasteiger partial charge on any atom is 0.0992 e. The molecule has 1 atom stereocenters. The fourth-order valence-corrected chi connectivity index (χ4v) is 4.13. The zero-order valence-corrected chi connectivity index (χ0v) is 12.2. The minimum atomic E-state index is 0.169. The Morgan fingerprint density at radius 1 is 0.810 bits per heavy atom. The van der Waals surface area contributed by atoms with E-state index >= 15 is 0 Å². The predicted octanol–water partition coefficient (Wildman–Crippen LogP) is 4.90. The molecule has 0 bridgehead atoms. The van der Waals surface area contributed by atoms with Crippen LogP contribution < -0.4 is 0 Å². The van der Waals surface area contributed by atoms with Crippen LogP contribution in [-0.4, -0.2) is 6.61 Å². The molecular formula is C20H20O. The van der Waals surface area contributed by atoms with Crippen molar-refractivity contribution in [2.45, 2.75) is 25.2 Å². The summed E-state index contributed by atoms with van der Waals surface area (Å²) >= 11 is 0. The van der Waals surface area contributed by atoms with Crippen molar-refractivity contribution >= 4 is 0 Å². The van der Waals surface area contributed by atoms with Gasteiger partial charge < -0.3 is 4.74 Å². The van der Waals surface area contributed by atoms with Crippen LogP contribution in [-0.2, 0) is 4.74 Å². The number of rotatable bonds is 3. The van der Waals surface area contributed by atoms with Crippen LogP contribution in [0.2, 0.25) is 0 Å². The Hall–Kier alpha value is -2.02. The van der Waals surface area contributed by atoms with E-state index in [0.29, 0.717) is 5.92 Å². The molecule has 21 heavy (non-hydrogen) atoms. The highest BCUT2D eigenvalue weighted by atomic mass is 16.5. The highest BCUT2D eigenvalue weighted by Crippen LogP contribution is 2.57. The first-order chi connectivity index (χ1) is 10.4. The highest BCUT2D eigenvalue weighted by Gasteiger charge is 2.49. The summed E-state index contributed by atoms with van der Waals surface area (Å²) in [6, 6.07) is 21.8. The second kappa shape index (κ2) is 5.07. The fourth-order valence-electron chi connectivity index (χ4n) is 4.13. The van der Waals surface area contributed by atoms with Crippen molar-refractivity contribution in [1.29, 1.82) is 0 Å². The molecule has 0 amide bonds. The van der Waals surface area contributed by atoms with Gasteiger partial charge in [-0.3, -0.25) is 0 Å². The molecular weight excluding hydrogens is 256 g/mol. The van der Waals surface area contributed by atoms with Crippen molar-refractivity contribution in [3.63, 3.8) is 0 Å². The molecule has 1 saturated heterocycles. The van der Waals surface area contributed by atoms with Gasteiger partial charge in [-0.15, -0.1) is 0 Å². The van der Waals surface area contributed by atoms with E-state index < -0.39 is 0 Å². The molecule has 2 aromatic carbocycles. The minimum absolute atomic E-state index is 0.169. The lowest BCUT2D eigenvalue weighted by molar-refractivity contribution is 0.238. The van der Waals surface area contributed by atoms with Crippen LogP contribution in [0.3, 0.4) is 0 Å². The molecule has 2 aromatic rings. The topological polar surface area (TPSA) is 9.23 Å². The molecule has 1 aliphatic carbocycles. The summed E-state index contributed by atoms with van der Waals surface area (Å²) in [5.74, 6) is 1.64. The van der Waals surface area contributed by atoms with Gasteiger partial charge in [0.05, 0.1) is 12.4 Å². The van der Waals surface area contributed by atoms with Gasteiger partial charge in [0.2, 0.25) is 0 Å². The largest absolute Gasteiger partial charge is 0.498 e. The number of ether oxygens (including phenoxy) is 1. The monoisotopic (exact) mass is 276 g/mol. The Labute approximate surface area is 126 Å². The molecule has 1 unspecified atom stereocenters. The summed E-state index contributed by atoms with van der Waals surface area (Å²) < 4.78 is 5.97. The summed E-state index contributed by atoms with van der Waals surface area (Å²) in [5.41, 5.74) is 2.98. The summed E-state index contributed by atoms with van der Waals surface area (Å²) in [5, 5.41) is 0. The van der Waals surface area contributed by atoms with E-state index in [1.54, 1.807) is 0 Å². The lowest BCUT2D eigenvalue weighted by Crippen LogP contribution is -2.26. The van der Waals surface area contributed by atoms with Gasteiger partial charge in [0.1, 0.15) is 0 Å². The van der Waals surface area contributed by atoms with Gasteiger partial charge in [-0.05, 0) is 36.5 Å². The maximum atomic E-state index is 5.97. The van der Waals surface area contributed by atoms with Crippen LogP contribution in [0.15, 0.2) is 72.5 Å². The van der Waals surface area contributed by atoms with Crippen molar-refractivity contribution in [3.05, 3.63) is 83.6 Å². The van der Waals surface area contributed by atoms with Crippen LogP contribution >= 0.6 is 0 Å². The zero-order chi connectivity index (χ0) is 14.1. The molecule has 1 fully saturated rings. The molecule has 0 spiro atoms. The molecule has 1 aliphatic heterocycles. The van der Waals surface area contributed by atoms with Gasteiger partial charge in [-0.1, -0.05) is 60.7 Å². The second-order valence-electron chi connectivity index (χ2n) is 6.12. The van der Waals surface area contributed by atoms with E-state index in [1.807, 2.05) is 0 Å². The average molecular weight is 276 g/mol. The average Bonchev–Trinajstić information content (AvgIpc) is 3.10. The van der Waals surface area contributed by atoms with Crippen molar-refractivity contribution < 1.29 is 4.74 Å². The summed E-state index contributed by atoms with van der Waals surface area (Å²) in [7, 11) is 0. The van der Waals surface area contributed by atoms with Gasteiger partial charge >= 0.3 is 0 Å². The van der Waals surface area contributed by atoms with E-state index in [1.165, 1.54) is 23.3 Å². The molecule has 106 valence electrons. The Balaban J connectivity index is 1.87. The van der Waals surface area contributed by atoms with Crippen LogP contribution in [0, 0.1) is 5.41 Å². The zero-order valence-electron chi connectivity index (χ0n) is 12.2. The van der Waals surface area contributed by atoms with Crippen LogP contribution in [0.25, 0.3) is 0 Å². The van der Waals surface area contributed by atoms with E-state index in [-0.39, 0.29) is 5.41 Å². The number of hydrogen-bond donors (Lipinski definition) is 0. The van der Waals surface area contributed by atoms with Gasteiger partial charge in [-0.2, -0.15) is 0 Å². The molecule has 0 saturated carbocycles. The SMILES string of the molecule is C1=C2OCCC2(C(c2ccccc2)c2ccccc2)CC1. The quantitative estimate of drug-likeness (QED) is 0.774. The Morgan fingerprint density at radius 2 is 1.43 bits per heavy atom. The highest BCUT2D eigenvalue weighted by molar-refractivity contribution is 5.40. The standard InChI is InChI=1S/C20H20O/c1-3-8-16(9-4-1)19(17-10-5-2-6-11-17)20-13-7-12-18(20)21-15-14-20/h1-6,8-12,19H,7,13-15H2. The first kappa shape index (κ1) is 12.7. The van der Waals surface area contributed by atoms with Gasteiger partial charge in [-0.25, -0.2) is 0 Å². The summed E-state index contributed by atoms with van der Waals surface area (Å²) in [6.45, 7) is 0.863. The number of fused-ring (bicyclic) bond motifs is 1. The molecule has 2 aliphatic rings. The van der Waals surface area contributed by atoms with E-state index in [9.17, 15) is 0 Å². The van der Waals surface area contributed by atoms with Crippen molar-refractivity contribution in [3.8, 4) is 0 Å². The lowest BCUT2D eigenvalue weighted by Gasteiger charge is -2.35. The third-order valence-corrected chi connectivity index (χ3v) is 5.04. The summed E-state index contributed by atoms with van der Waals surface area (Å²) in [6.07, 6.45) is 5.79. The minimum Gasteiger partial charge on any atom is -0.498 e. The van der Waals surface area contributed by atoms with E-state index in [2.05, 4.69) is 66.7 Å². The molecule has 0 radical (unpaired) electrons. The lowest BCUT2D eigenvalue weighted by atomic mass is 9.66. The second-order valence-corrected chi connectivity index (χ2v) is 6.12. The maximum absolute atomic E-state index is 5.97. The molecule has 4 rings (SSSR count). The third kappa shape index (κ3) is 1.99. The number of hydrogen-bond acceptors (Lipinski definition) is 1. The Bertz CT molecular complexity index is 605. The molecule has 0 N–H and O–H groups in total. The van der Waals surface area contributed by atoms with Gasteiger partial charge in [0, 0.05) is 11.3 Å². The molecule has 1 heteroatoms. The van der Waals surface area contributed by atoms with E-state index in [4.69, 9.17) is 4.74 Å². The fraction of sp³-hybridized carbons (Fsp3) is 0.300. The van der Waals surface area contributed by atoms with E-state index in [0.717, 1.165) is 19.4 Å². The Kier molecular flexibility index (Phi) is 3.07. The van der Waals surface area contributed by atoms with Crippen LogP contribution in [0.5, 0.6) is 0 Å². The van der Waals surface area contributed by atoms with Crippen molar-refractivity contribution in [2.24, 2.45) is 5.41 Å². The summed E-state index contributed by atoms with van der Waals surface area (Å²) in [4.78, 5) is 0. The predicted molar refractivity (Wildman–Crippen MR) is 85.0 cm³/mol. The third-order valence-electron chi connectivity index (χ3n) is 5.04.